The summed E-state index contributed by atoms with van der Waals surface area (Å²) in [7, 11) is 0. The molecule has 1 atom stereocenters. The summed E-state index contributed by atoms with van der Waals surface area (Å²) in [6.45, 7) is 4.89. The number of benzene rings is 1. The van der Waals surface area contributed by atoms with Crippen LogP contribution in [0.3, 0.4) is 0 Å². The average Bonchev–Trinajstić information content (AvgIpc) is 2.85. The number of fused-ring (bicyclic) bond motifs is 1. The maximum absolute atomic E-state index is 6.05. The number of nitrogens with zero attached hydrogens (tertiary/aromatic N) is 3. The maximum atomic E-state index is 6.05. The summed E-state index contributed by atoms with van der Waals surface area (Å²) >= 11 is 0. The molecule has 4 nitrogen and oxygen atoms in total. The third-order valence-electron chi connectivity index (χ3n) is 3.51. The summed E-state index contributed by atoms with van der Waals surface area (Å²) in [5.41, 5.74) is 8.49. The van der Waals surface area contributed by atoms with Gasteiger partial charge in [0.2, 0.25) is 0 Å². The van der Waals surface area contributed by atoms with E-state index in [0.29, 0.717) is 0 Å². The predicted octanol–water partition coefficient (Wildman–Crippen LogP) is 1.92. The van der Waals surface area contributed by atoms with Crippen LogP contribution in [0.1, 0.15) is 24.4 Å². The van der Waals surface area contributed by atoms with Crippen LogP contribution in [0.2, 0.25) is 0 Å². The quantitative estimate of drug-likeness (QED) is 0.875. The van der Waals surface area contributed by atoms with Crippen LogP contribution < -0.4 is 10.6 Å². The number of rotatable bonds is 2. The minimum atomic E-state index is 0.0582. The zero-order chi connectivity index (χ0) is 12.5. The van der Waals surface area contributed by atoms with Crippen LogP contribution in [-0.4, -0.2) is 16.1 Å². The smallest absolute Gasteiger partial charge is 0.128 e. The Hall–Kier alpha value is -1.81. The zero-order valence-corrected chi connectivity index (χ0v) is 10.6. The molecular weight excluding hydrogens is 224 g/mol. The van der Waals surface area contributed by atoms with Gasteiger partial charge < -0.3 is 15.2 Å². The highest BCUT2D eigenvalue weighted by Gasteiger charge is 2.19. The molecule has 1 aromatic heterocycles. The zero-order valence-electron chi connectivity index (χ0n) is 10.6. The second kappa shape index (κ2) is 4.46. The molecule has 1 aliphatic heterocycles. The summed E-state index contributed by atoms with van der Waals surface area (Å²) in [4.78, 5) is 6.76. The van der Waals surface area contributed by atoms with Crippen LogP contribution >= 0.6 is 0 Å². The molecule has 1 aliphatic rings. The van der Waals surface area contributed by atoms with Gasteiger partial charge in [0.1, 0.15) is 5.82 Å². The highest BCUT2D eigenvalue weighted by atomic mass is 15.2. The van der Waals surface area contributed by atoms with Crippen molar-refractivity contribution in [3.8, 4) is 0 Å². The van der Waals surface area contributed by atoms with Gasteiger partial charge in [-0.25, -0.2) is 4.98 Å². The summed E-state index contributed by atoms with van der Waals surface area (Å²) in [5, 5.41) is 0. The van der Waals surface area contributed by atoms with Gasteiger partial charge in [-0.15, -0.1) is 0 Å². The fourth-order valence-corrected chi connectivity index (χ4v) is 2.54. The SMILES string of the molecule is C[C@@H](N)c1ccccc1N1CCn2ccnc2C1. The fourth-order valence-electron chi connectivity index (χ4n) is 2.54. The molecule has 2 N–H and O–H groups in total. The monoisotopic (exact) mass is 242 g/mol. The van der Waals surface area contributed by atoms with Crippen LogP contribution in [0.15, 0.2) is 36.7 Å². The number of aromatic nitrogens is 2. The van der Waals surface area contributed by atoms with Crippen molar-refractivity contribution in [3.05, 3.63) is 48.0 Å². The molecule has 94 valence electrons. The lowest BCUT2D eigenvalue weighted by Gasteiger charge is -2.31. The van der Waals surface area contributed by atoms with E-state index in [0.717, 1.165) is 25.5 Å². The Morgan fingerprint density at radius 2 is 2.11 bits per heavy atom. The van der Waals surface area contributed by atoms with Gasteiger partial charge in [0.15, 0.2) is 0 Å². The van der Waals surface area contributed by atoms with E-state index in [4.69, 9.17) is 5.73 Å². The number of hydrogen-bond donors (Lipinski definition) is 1. The molecule has 3 rings (SSSR count). The topological polar surface area (TPSA) is 47.1 Å². The molecule has 2 aromatic rings. The van der Waals surface area contributed by atoms with Crippen LogP contribution in [0, 0.1) is 0 Å². The Balaban J connectivity index is 1.93. The number of hydrogen-bond acceptors (Lipinski definition) is 3. The molecule has 4 heteroatoms. The molecule has 0 bridgehead atoms. The minimum absolute atomic E-state index is 0.0582. The lowest BCUT2D eigenvalue weighted by atomic mass is 10.1. The number of anilines is 1. The number of para-hydroxylation sites is 1. The first kappa shape index (κ1) is 11.3. The number of nitrogens with two attached hydrogens (primary N) is 1. The molecule has 0 spiro atoms. The Labute approximate surface area is 107 Å². The van der Waals surface area contributed by atoms with E-state index < -0.39 is 0 Å². The van der Waals surface area contributed by atoms with Crippen molar-refractivity contribution in [3.63, 3.8) is 0 Å². The highest BCUT2D eigenvalue weighted by molar-refractivity contribution is 5.55. The largest absolute Gasteiger partial charge is 0.362 e. The van der Waals surface area contributed by atoms with Crippen molar-refractivity contribution in [1.82, 2.24) is 9.55 Å². The van der Waals surface area contributed by atoms with Crippen LogP contribution in [0.4, 0.5) is 5.69 Å². The lowest BCUT2D eigenvalue weighted by Crippen LogP contribution is -2.34. The van der Waals surface area contributed by atoms with Crippen molar-refractivity contribution in [2.45, 2.75) is 26.1 Å². The molecule has 0 amide bonds. The van der Waals surface area contributed by atoms with E-state index in [-0.39, 0.29) is 6.04 Å². The standard InChI is InChI=1S/C14H18N4/c1-11(15)12-4-2-3-5-13(12)18-9-8-17-7-6-16-14(17)10-18/h2-7,11H,8-10,15H2,1H3/t11-/m1/s1. The summed E-state index contributed by atoms with van der Waals surface area (Å²) in [6, 6.07) is 8.44. The first-order valence-corrected chi connectivity index (χ1v) is 6.35. The van der Waals surface area contributed by atoms with Gasteiger partial charge in [0.05, 0.1) is 6.54 Å². The van der Waals surface area contributed by atoms with E-state index in [1.165, 1.54) is 11.3 Å². The first-order valence-electron chi connectivity index (χ1n) is 6.35. The second-order valence-electron chi connectivity index (χ2n) is 4.81. The van der Waals surface area contributed by atoms with Crippen molar-refractivity contribution in [2.75, 3.05) is 11.4 Å². The third-order valence-corrected chi connectivity index (χ3v) is 3.51. The Morgan fingerprint density at radius 1 is 1.28 bits per heavy atom. The van der Waals surface area contributed by atoms with E-state index in [1.807, 2.05) is 25.4 Å². The molecule has 0 saturated heterocycles. The average molecular weight is 242 g/mol. The molecule has 2 heterocycles. The van der Waals surface area contributed by atoms with Crippen LogP contribution in [0.25, 0.3) is 0 Å². The van der Waals surface area contributed by atoms with Gasteiger partial charge in [-0.05, 0) is 18.6 Å². The van der Waals surface area contributed by atoms with Crippen molar-refractivity contribution < 1.29 is 0 Å². The van der Waals surface area contributed by atoms with Gasteiger partial charge in [-0.1, -0.05) is 18.2 Å². The van der Waals surface area contributed by atoms with Gasteiger partial charge in [-0.2, -0.15) is 0 Å². The first-order chi connectivity index (χ1) is 8.75. The molecule has 1 aromatic carbocycles. The van der Waals surface area contributed by atoms with Crippen LogP contribution in [-0.2, 0) is 13.1 Å². The molecule has 0 unspecified atom stereocenters. The van der Waals surface area contributed by atoms with E-state index >= 15 is 0 Å². The van der Waals surface area contributed by atoms with Gasteiger partial charge >= 0.3 is 0 Å². The third kappa shape index (κ3) is 1.88. The fraction of sp³-hybridized carbons (Fsp3) is 0.357. The Kier molecular flexibility index (Phi) is 2.80. The molecule has 0 saturated carbocycles. The van der Waals surface area contributed by atoms with Crippen molar-refractivity contribution in [2.24, 2.45) is 5.73 Å². The highest BCUT2D eigenvalue weighted by Crippen LogP contribution is 2.27. The molecule has 0 aliphatic carbocycles. The Bertz CT molecular complexity index is 544. The van der Waals surface area contributed by atoms with Crippen molar-refractivity contribution >= 4 is 5.69 Å². The maximum Gasteiger partial charge on any atom is 0.128 e. The van der Waals surface area contributed by atoms with Gasteiger partial charge in [0, 0.05) is 37.2 Å². The summed E-state index contributed by atoms with van der Waals surface area (Å²) in [5.74, 6) is 1.13. The molecule has 0 radical (unpaired) electrons. The molecule has 0 fully saturated rings. The van der Waals surface area contributed by atoms with E-state index in [1.54, 1.807) is 0 Å². The van der Waals surface area contributed by atoms with E-state index in [9.17, 15) is 0 Å². The van der Waals surface area contributed by atoms with Crippen molar-refractivity contribution in [1.29, 1.82) is 0 Å². The predicted molar refractivity (Wildman–Crippen MR) is 72.3 cm³/mol. The normalized spacial score (nSPS) is 16.4. The molecule has 18 heavy (non-hydrogen) atoms. The van der Waals surface area contributed by atoms with Gasteiger partial charge in [0.25, 0.3) is 0 Å². The Morgan fingerprint density at radius 3 is 2.94 bits per heavy atom. The lowest BCUT2D eigenvalue weighted by molar-refractivity contribution is 0.557. The summed E-state index contributed by atoms with van der Waals surface area (Å²) < 4.78 is 2.21. The van der Waals surface area contributed by atoms with E-state index in [2.05, 4.69) is 32.7 Å². The van der Waals surface area contributed by atoms with Crippen LogP contribution in [0.5, 0.6) is 0 Å². The number of imidazole rings is 1. The molecular formula is C14H18N4. The minimum Gasteiger partial charge on any atom is -0.362 e. The summed E-state index contributed by atoms with van der Waals surface area (Å²) in [6.07, 6.45) is 3.92. The van der Waals surface area contributed by atoms with Gasteiger partial charge in [-0.3, -0.25) is 0 Å². The second-order valence-corrected chi connectivity index (χ2v) is 4.81.